The molecule has 2 aliphatic rings. The van der Waals surface area contributed by atoms with Crippen LogP contribution in [0.25, 0.3) is 0 Å². The molecule has 0 saturated carbocycles. The van der Waals surface area contributed by atoms with Gasteiger partial charge in [0.15, 0.2) is 0 Å². The molecule has 0 aromatic rings. The number of carbonyl (C=O) groups excluding carboxylic acids is 3. The summed E-state index contributed by atoms with van der Waals surface area (Å²) in [5, 5.41) is 0. The van der Waals surface area contributed by atoms with E-state index in [1.165, 1.54) is 6.92 Å². The number of ether oxygens (including phenoxy) is 4. The molecule has 0 spiro atoms. The van der Waals surface area contributed by atoms with Crippen molar-refractivity contribution in [2.24, 2.45) is 5.92 Å². The Kier molecular flexibility index (Phi) is 4.95. The van der Waals surface area contributed by atoms with Crippen molar-refractivity contribution in [1.29, 1.82) is 0 Å². The predicted octanol–water partition coefficient (Wildman–Crippen LogP) is 0.368. The van der Waals surface area contributed by atoms with E-state index in [2.05, 4.69) is 6.58 Å². The summed E-state index contributed by atoms with van der Waals surface area (Å²) < 4.78 is 20.4. The van der Waals surface area contributed by atoms with Crippen molar-refractivity contribution in [2.75, 3.05) is 13.2 Å². The van der Waals surface area contributed by atoms with Crippen molar-refractivity contribution in [2.45, 2.75) is 38.1 Å². The highest BCUT2D eigenvalue weighted by molar-refractivity contribution is 5.86. The Labute approximate surface area is 122 Å². The number of fused-ring (bicyclic) bond motifs is 2. The summed E-state index contributed by atoms with van der Waals surface area (Å²) in [6, 6.07) is 0. The van der Waals surface area contributed by atoms with Crippen molar-refractivity contribution in [1.82, 2.24) is 0 Å². The van der Waals surface area contributed by atoms with Crippen LogP contribution in [0.4, 0.5) is 0 Å². The van der Waals surface area contributed by atoms with Crippen molar-refractivity contribution in [3.8, 4) is 0 Å². The molecule has 0 N–H and O–H groups in total. The standard InChI is InChI=1S/C14H18O7/c1-8(2)13(16)18-5-6-19-14(17)11-9-3-4-10(21-9)12(11)20-7-15/h7,9-12H,1,3-6H2,2H3. The van der Waals surface area contributed by atoms with Gasteiger partial charge in [0.1, 0.15) is 25.2 Å². The molecule has 0 aromatic carbocycles. The van der Waals surface area contributed by atoms with Crippen LogP contribution in [0, 0.1) is 5.92 Å². The zero-order valence-electron chi connectivity index (χ0n) is 11.8. The Morgan fingerprint density at radius 1 is 1.24 bits per heavy atom. The maximum Gasteiger partial charge on any atom is 0.333 e. The van der Waals surface area contributed by atoms with E-state index in [9.17, 15) is 14.4 Å². The summed E-state index contributed by atoms with van der Waals surface area (Å²) in [6.45, 7) is 5.19. The fourth-order valence-electron chi connectivity index (χ4n) is 2.66. The molecule has 2 bridgehead atoms. The third kappa shape index (κ3) is 3.41. The van der Waals surface area contributed by atoms with Gasteiger partial charge in [0, 0.05) is 5.57 Å². The number of hydrogen-bond donors (Lipinski definition) is 0. The molecule has 4 atom stereocenters. The Hall–Kier alpha value is -1.89. The van der Waals surface area contributed by atoms with E-state index in [1.54, 1.807) is 0 Å². The van der Waals surface area contributed by atoms with Crippen LogP contribution in [0.1, 0.15) is 19.8 Å². The minimum atomic E-state index is -0.606. The van der Waals surface area contributed by atoms with Gasteiger partial charge in [-0.3, -0.25) is 9.59 Å². The minimum absolute atomic E-state index is 0.0433. The minimum Gasteiger partial charge on any atom is -0.462 e. The van der Waals surface area contributed by atoms with Crippen LogP contribution in [0.15, 0.2) is 12.2 Å². The van der Waals surface area contributed by atoms with Gasteiger partial charge in [0.05, 0.1) is 12.2 Å². The average Bonchev–Trinajstić information content (AvgIpc) is 3.04. The second-order valence-electron chi connectivity index (χ2n) is 5.10. The van der Waals surface area contributed by atoms with Crippen LogP contribution in [0.2, 0.25) is 0 Å². The molecule has 2 heterocycles. The van der Waals surface area contributed by atoms with Crippen LogP contribution >= 0.6 is 0 Å². The summed E-state index contributed by atoms with van der Waals surface area (Å²) in [5.41, 5.74) is 0.280. The van der Waals surface area contributed by atoms with Crippen molar-refractivity contribution < 1.29 is 33.3 Å². The van der Waals surface area contributed by atoms with Gasteiger partial charge in [-0.1, -0.05) is 6.58 Å². The Balaban J connectivity index is 1.78. The molecule has 2 aliphatic heterocycles. The van der Waals surface area contributed by atoms with E-state index in [-0.39, 0.29) is 31.0 Å². The Morgan fingerprint density at radius 3 is 2.57 bits per heavy atom. The van der Waals surface area contributed by atoms with Gasteiger partial charge in [-0.2, -0.15) is 0 Å². The van der Waals surface area contributed by atoms with Crippen LogP contribution in [0.5, 0.6) is 0 Å². The lowest BCUT2D eigenvalue weighted by molar-refractivity contribution is -0.160. The van der Waals surface area contributed by atoms with Gasteiger partial charge in [-0.25, -0.2) is 4.79 Å². The summed E-state index contributed by atoms with van der Waals surface area (Å²) in [4.78, 5) is 33.7. The summed E-state index contributed by atoms with van der Waals surface area (Å²) >= 11 is 0. The smallest absolute Gasteiger partial charge is 0.333 e. The molecular formula is C14H18O7. The first-order valence-corrected chi connectivity index (χ1v) is 6.78. The van der Waals surface area contributed by atoms with Gasteiger partial charge in [-0.05, 0) is 19.8 Å². The number of esters is 2. The predicted molar refractivity (Wildman–Crippen MR) is 69.1 cm³/mol. The molecule has 0 amide bonds. The molecule has 2 fully saturated rings. The first-order valence-electron chi connectivity index (χ1n) is 6.78. The van der Waals surface area contributed by atoms with Crippen LogP contribution in [-0.2, 0) is 33.3 Å². The van der Waals surface area contributed by atoms with E-state index < -0.39 is 24.0 Å². The number of carbonyl (C=O) groups is 3. The van der Waals surface area contributed by atoms with Gasteiger partial charge < -0.3 is 18.9 Å². The number of hydrogen-bond acceptors (Lipinski definition) is 7. The normalized spacial score (nSPS) is 29.8. The summed E-state index contributed by atoms with van der Waals surface area (Å²) in [7, 11) is 0. The highest BCUT2D eigenvalue weighted by Crippen LogP contribution is 2.41. The van der Waals surface area contributed by atoms with E-state index >= 15 is 0 Å². The van der Waals surface area contributed by atoms with E-state index in [4.69, 9.17) is 18.9 Å². The molecule has 7 heteroatoms. The lowest BCUT2D eigenvalue weighted by atomic mass is 9.86. The first-order chi connectivity index (χ1) is 10.0. The summed E-state index contributed by atoms with van der Waals surface area (Å²) in [5.74, 6) is -1.64. The second kappa shape index (κ2) is 6.71. The molecule has 2 saturated heterocycles. The topological polar surface area (TPSA) is 88.1 Å². The van der Waals surface area contributed by atoms with Gasteiger partial charge >= 0.3 is 11.9 Å². The Morgan fingerprint density at radius 2 is 1.90 bits per heavy atom. The zero-order valence-corrected chi connectivity index (χ0v) is 11.8. The third-order valence-corrected chi connectivity index (χ3v) is 3.60. The molecule has 2 rings (SSSR count). The lowest BCUT2D eigenvalue weighted by Crippen LogP contribution is -2.40. The molecule has 0 aliphatic carbocycles. The van der Waals surface area contributed by atoms with Crippen LogP contribution < -0.4 is 0 Å². The molecule has 21 heavy (non-hydrogen) atoms. The van der Waals surface area contributed by atoms with Gasteiger partial charge in [0.25, 0.3) is 6.47 Å². The van der Waals surface area contributed by atoms with Gasteiger partial charge in [-0.15, -0.1) is 0 Å². The lowest BCUT2D eigenvalue weighted by Gasteiger charge is -2.24. The largest absolute Gasteiger partial charge is 0.462 e. The molecule has 0 aromatic heterocycles. The van der Waals surface area contributed by atoms with Crippen molar-refractivity contribution in [3.63, 3.8) is 0 Å². The van der Waals surface area contributed by atoms with Crippen molar-refractivity contribution >= 4 is 18.4 Å². The second-order valence-corrected chi connectivity index (χ2v) is 5.10. The highest BCUT2D eigenvalue weighted by Gasteiger charge is 2.54. The van der Waals surface area contributed by atoms with Gasteiger partial charge in [0.2, 0.25) is 0 Å². The van der Waals surface area contributed by atoms with Crippen LogP contribution in [0.3, 0.4) is 0 Å². The molecule has 116 valence electrons. The first kappa shape index (κ1) is 15.5. The zero-order chi connectivity index (χ0) is 15.4. The molecule has 7 nitrogen and oxygen atoms in total. The fraction of sp³-hybridized carbons (Fsp3) is 0.643. The Bertz CT molecular complexity index is 445. The van der Waals surface area contributed by atoms with Crippen LogP contribution in [-0.4, -0.2) is 49.9 Å². The van der Waals surface area contributed by atoms with Crippen molar-refractivity contribution in [3.05, 3.63) is 12.2 Å². The SMILES string of the molecule is C=C(C)C(=O)OCCOC(=O)C1C2CCC(O2)C1OC=O. The molecule has 4 unspecified atom stereocenters. The van der Waals surface area contributed by atoms with E-state index in [0.717, 1.165) is 12.8 Å². The highest BCUT2D eigenvalue weighted by atomic mass is 16.6. The van der Waals surface area contributed by atoms with E-state index in [0.29, 0.717) is 6.47 Å². The molecular weight excluding hydrogens is 280 g/mol. The fourth-order valence-corrected chi connectivity index (χ4v) is 2.66. The monoisotopic (exact) mass is 298 g/mol. The average molecular weight is 298 g/mol. The van der Waals surface area contributed by atoms with E-state index in [1.807, 2.05) is 0 Å². The maximum absolute atomic E-state index is 12.0. The maximum atomic E-state index is 12.0. The third-order valence-electron chi connectivity index (χ3n) is 3.60. The molecule has 0 radical (unpaired) electrons. The quantitative estimate of drug-likeness (QED) is 0.220. The number of rotatable bonds is 7. The summed E-state index contributed by atoms with van der Waals surface area (Å²) in [6.07, 6.45) is 0.410.